The predicted molar refractivity (Wildman–Crippen MR) is 76.8 cm³/mol. The fourth-order valence-electron chi connectivity index (χ4n) is 4.03. The summed E-state index contributed by atoms with van der Waals surface area (Å²) in [6.07, 6.45) is 5.24. The van der Waals surface area contributed by atoms with Crippen LogP contribution in [0.2, 0.25) is 0 Å². The van der Waals surface area contributed by atoms with Crippen molar-refractivity contribution >= 4 is 5.78 Å². The van der Waals surface area contributed by atoms with Crippen LogP contribution in [0.15, 0.2) is 24.3 Å². The third kappa shape index (κ3) is 2.34. The highest BCUT2D eigenvalue weighted by Gasteiger charge is 2.48. The van der Waals surface area contributed by atoms with Gasteiger partial charge in [-0.25, -0.2) is 0 Å². The van der Waals surface area contributed by atoms with Gasteiger partial charge in [-0.15, -0.1) is 0 Å². The molecule has 0 heterocycles. The van der Waals surface area contributed by atoms with Gasteiger partial charge >= 0.3 is 0 Å². The van der Waals surface area contributed by atoms with Crippen molar-refractivity contribution in [1.29, 1.82) is 0 Å². The van der Waals surface area contributed by atoms with Crippen molar-refractivity contribution in [3.63, 3.8) is 0 Å². The number of rotatable bonds is 4. The Morgan fingerprint density at radius 3 is 2.37 bits per heavy atom. The number of carbonyl (C=O) groups is 1. The highest BCUT2D eigenvalue weighted by atomic mass is 16.1. The second-order valence-electron chi connectivity index (χ2n) is 6.25. The van der Waals surface area contributed by atoms with E-state index in [-0.39, 0.29) is 12.0 Å². The maximum Gasteiger partial charge on any atom is 0.142 e. The Balaban J connectivity index is 1.67. The molecule has 2 N–H and O–H groups in total. The molecule has 1 aromatic rings. The lowest BCUT2D eigenvalue weighted by molar-refractivity contribution is -0.124. The van der Waals surface area contributed by atoms with Crippen LogP contribution in [0.1, 0.15) is 37.3 Å². The van der Waals surface area contributed by atoms with Crippen LogP contribution in [0.25, 0.3) is 0 Å². The SMILES string of the molecule is CCc1ccc(CC(=O)C2C3CCC(C3)C2N)cc1. The van der Waals surface area contributed by atoms with Gasteiger partial charge in [-0.3, -0.25) is 4.79 Å². The topological polar surface area (TPSA) is 43.1 Å². The quantitative estimate of drug-likeness (QED) is 0.901. The zero-order valence-corrected chi connectivity index (χ0v) is 11.6. The molecule has 2 saturated carbocycles. The molecule has 2 aliphatic carbocycles. The maximum atomic E-state index is 12.5. The molecule has 0 spiro atoms. The molecule has 2 nitrogen and oxygen atoms in total. The molecule has 0 radical (unpaired) electrons. The van der Waals surface area contributed by atoms with Crippen molar-refractivity contribution in [3.8, 4) is 0 Å². The number of fused-ring (bicyclic) bond motifs is 2. The zero-order valence-electron chi connectivity index (χ0n) is 11.6. The number of ketones is 1. The Morgan fingerprint density at radius 1 is 1.16 bits per heavy atom. The van der Waals surface area contributed by atoms with Gasteiger partial charge in [0, 0.05) is 18.4 Å². The molecule has 4 atom stereocenters. The van der Waals surface area contributed by atoms with Gasteiger partial charge < -0.3 is 5.73 Å². The molecule has 0 amide bonds. The van der Waals surface area contributed by atoms with Crippen LogP contribution in [-0.2, 0) is 17.6 Å². The minimum absolute atomic E-state index is 0.126. The number of hydrogen-bond donors (Lipinski definition) is 1. The minimum Gasteiger partial charge on any atom is -0.327 e. The van der Waals surface area contributed by atoms with Crippen molar-refractivity contribution < 1.29 is 4.79 Å². The zero-order chi connectivity index (χ0) is 13.4. The Hall–Kier alpha value is -1.15. The van der Waals surface area contributed by atoms with Gasteiger partial charge in [-0.05, 0) is 48.6 Å². The van der Waals surface area contributed by atoms with E-state index < -0.39 is 0 Å². The van der Waals surface area contributed by atoms with Gasteiger partial charge in [-0.1, -0.05) is 31.2 Å². The van der Waals surface area contributed by atoms with Crippen molar-refractivity contribution in [2.24, 2.45) is 23.5 Å². The van der Waals surface area contributed by atoms with Crippen LogP contribution in [0, 0.1) is 17.8 Å². The standard InChI is InChI=1S/C17H23NO/c1-2-11-3-5-12(6-4-11)9-15(19)16-13-7-8-14(10-13)17(16)18/h3-6,13-14,16-17H,2,7-10,18H2,1H3. The van der Waals surface area contributed by atoms with Gasteiger partial charge in [0.1, 0.15) is 5.78 Å². The second kappa shape index (κ2) is 5.09. The molecule has 4 unspecified atom stereocenters. The van der Waals surface area contributed by atoms with E-state index in [9.17, 15) is 4.79 Å². The van der Waals surface area contributed by atoms with Crippen molar-refractivity contribution in [2.75, 3.05) is 0 Å². The Morgan fingerprint density at radius 2 is 1.79 bits per heavy atom. The van der Waals surface area contributed by atoms with Gasteiger partial charge in [0.15, 0.2) is 0 Å². The number of hydrogen-bond acceptors (Lipinski definition) is 2. The summed E-state index contributed by atoms with van der Waals surface area (Å²) in [6, 6.07) is 8.57. The number of aryl methyl sites for hydroxylation is 1. The van der Waals surface area contributed by atoms with Crippen LogP contribution in [0.5, 0.6) is 0 Å². The molecule has 0 aliphatic heterocycles. The molecular weight excluding hydrogens is 234 g/mol. The molecule has 2 bridgehead atoms. The number of Topliss-reactive ketones (excluding diaryl/α,β-unsaturated/α-hetero) is 1. The number of benzene rings is 1. The normalized spacial score (nSPS) is 32.7. The van der Waals surface area contributed by atoms with E-state index in [1.807, 2.05) is 0 Å². The van der Waals surface area contributed by atoms with Crippen LogP contribution in [-0.4, -0.2) is 11.8 Å². The third-order valence-electron chi connectivity index (χ3n) is 5.16. The van der Waals surface area contributed by atoms with E-state index in [1.54, 1.807) is 0 Å². The summed E-state index contributed by atoms with van der Waals surface area (Å²) < 4.78 is 0. The van der Waals surface area contributed by atoms with Gasteiger partial charge in [0.25, 0.3) is 0 Å². The average molecular weight is 257 g/mol. The second-order valence-corrected chi connectivity index (χ2v) is 6.25. The summed E-state index contributed by atoms with van der Waals surface area (Å²) in [6.45, 7) is 2.15. The van der Waals surface area contributed by atoms with E-state index in [4.69, 9.17) is 5.73 Å². The highest BCUT2D eigenvalue weighted by molar-refractivity contribution is 5.84. The van der Waals surface area contributed by atoms with Gasteiger partial charge in [0.2, 0.25) is 0 Å². The summed E-state index contributed by atoms with van der Waals surface area (Å²) in [5.74, 6) is 1.68. The summed E-state index contributed by atoms with van der Waals surface area (Å²) in [7, 11) is 0. The van der Waals surface area contributed by atoms with Crippen molar-refractivity contribution in [2.45, 2.75) is 45.1 Å². The molecular formula is C17H23NO. The largest absolute Gasteiger partial charge is 0.327 e. The Bertz CT molecular complexity index is 463. The first kappa shape index (κ1) is 12.9. The lowest BCUT2D eigenvalue weighted by atomic mass is 9.80. The summed E-state index contributed by atoms with van der Waals surface area (Å²) >= 11 is 0. The molecule has 102 valence electrons. The number of carbonyl (C=O) groups excluding carboxylic acids is 1. The molecule has 0 aromatic heterocycles. The Labute approximate surface area is 115 Å². The van der Waals surface area contributed by atoms with E-state index >= 15 is 0 Å². The fraction of sp³-hybridized carbons (Fsp3) is 0.588. The minimum atomic E-state index is 0.126. The average Bonchev–Trinajstić information content (AvgIpc) is 3.00. The molecule has 3 rings (SSSR count). The summed E-state index contributed by atoms with van der Waals surface area (Å²) in [4.78, 5) is 12.5. The lowest BCUT2D eigenvalue weighted by Gasteiger charge is -2.26. The van der Waals surface area contributed by atoms with Crippen molar-refractivity contribution in [3.05, 3.63) is 35.4 Å². The monoisotopic (exact) mass is 257 g/mol. The van der Waals surface area contributed by atoms with Crippen LogP contribution >= 0.6 is 0 Å². The predicted octanol–water partition coefficient (Wildman–Crippen LogP) is 2.73. The molecule has 1 aromatic carbocycles. The van der Waals surface area contributed by atoms with Crippen LogP contribution in [0.4, 0.5) is 0 Å². The van der Waals surface area contributed by atoms with Gasteiger partial charge in [0.05, 0.1) is 0 Å². The molecule has 19 heavy (non-hydrogen) atoms. The van der Waals surface area contributed by atoms with Gasteiger partial charge in [-0.2, -0.15) is 0 Å². The Kier molecular flexibility index (Phi) is 3.44. The molecule has 2 aliphatic rings. The maximum absolute atomic E-state index is 12.5. The first-order valence-electron chi connectivity index (χ1n) is 7.55. The summed E-state index contributed by atoms with van der Waals surface area (Å²) in [5, 5.41) is 0. The van der Waals surface area contributed by atoms with E-state index in [2.05, 4.69) is 31.2 Å². The highest BCUT2D eigenvalue weighted by Crippen LogP contribution is 2.48. The number of nitrogens with two attached hydrogens (primary N) is 1. The van der Waals surface area contributed by atoms with E-state index in [0.717, 1.165) is 12.0 Å². The van der Waals surface area contributed by atoms with E-state index in [1.165, 1.54) is 24.8 Å². The van der Waals surface area contributed by atoms with E-state index in [0.29, 0.717) is 24.0 Å². The smallest absolute Gasteiger partial charge is 0.142 e. The fourth-order valence-corrected chi connectivity index (χ4v) is 4.03. The van der Waals surface area contributed by atoms with Crippen LogP contribution in [0.3, 0.4) is 0 Å². The van der Waals surface area contributed by atoms with Crippen molar-refractivity contribution in [1.82, 2.24) is 0 Å². The molecule has 2 fully saturated rings. The van der Waals surface area contributed by atoms with Crippen LogP contribution < -0.4 is 5.73 Å². The first-order chi connectivity index (χ1) is 9.19. The molecule has 0 saturated heterocycles. The lowest BCUT2D eigenvalue weighted by Crippen LogP contribution is -2.40. The molecule has 2 heteroatoms. The third-order valence-corrected chi connectivity index (χ3v) is 5.16. The first-order valence-corrected chi connectivity index (χ1v) is 7.55. The summed E-state index contributed by atoms with van der Waals surface area (Å²) in [5.41, 5.74) is 8.71.